The van der Waals surface area contributed by atoms with Crippen LogP contribution in [-0.2, 0) is 11.3 Å². The van der Waals surface area contributed by atoms with Crippen molar-refractivity contribution >= 4 is 28.9 Å². The molecule has 0 bridgehead atoms. The molecule has 120 valence electrons. The van der Waals surface area contributed by atoms with Crippen molar-refractivity contribution in [1.29, 1.82) is 0 Å². The number of likely N-dealkylation sites (N-methyl/N-ethyl adjacent to an activating group) is 1. The van der Waals surface area contributed by atoms with Crippen molar-refractivity contribution in [3.8, 4) is 0 Å². The quantitative estimate of drug-likeness (QED) is 0.650. The molecule has 0 saturated heterocycles. The molecule has 0 aliphatic rings. The van der Waals surface area contributed by atoms with Crippen molar-refractivity contribution in [3.05, 3.63) is 69.2 Å². The van der Waals surface area contributed by atoms with Crippen molar-refractivity contribution in [3.63, 3.8) is 0 Å². The molecule has 6 nitrogen and oxygen atoms in total. The molecule has 0 aliphatic heterocycles. The third kappa shape index (κ3) is 5.05. The number of hydrogen-bond donors (Lipinski definition) is 1. The first kappa shape index (κ1) is 16.9. The molecule has 2 aromatic carbocycles. The minimum atomic E-state index is -0.483. The van der Waals surface area contributed by atoms with Crippen LogP contribution in [0.4, 0.5) is 11.4 Å². The van der Waals surface area contributed by atoms with Gasteiger partial charge in [0.2, 0.25) is 5.91 Å². The molecule has 0 aliphatic carbocycles. The maximum Gasteiger partial charge on any atom is 0.269 e. The van der Waals surface area contributed by atoms with Crippen LogP contribution in [-0.4, -0.2) is 29.3 Å². The van der Waals surface area contributed by atoms with Crippen molar-refractivity contribution < 1.29 is 9.72 Å². The van der Waals surface area contributed by atoms with Crippen LogP contribution in [0.1, 0.15) is 5.56 Å². The first-order valence-corrected chi connectivity index (χ1v) is 7.30. The van der Waals surface area contributed by atoms with Gasteiger partial charge in [-0.25, -0.2) is 0 Å². The fourth-order valence-electron chi connectivity index (χ4n) is 2.09. The number of hydrogen-bond acceptors (Lipinski definition) is 4. The Morgan fingerprint density at radius 1 is 1.22 bits per heavy atom. The smallest absolute Gasteiger partial charge is 0.269 e. The monoisotopic (exact) mass is 333 g/mol. The van der Waals surface area contributed by atoms with E-state index in [2.05, 4.69) is 5.32 Å². The lowest BCUT2D eigenvalue weighted by atomic mass is 10.2. The molecule has 23 heavy (non-hydrogen) atoms. The number of non-ortho nitro benzene ring substituents is 1. The topological polar surface area (TPSA) is 75.5 Å². The lowest BCUT2D eigenvalue weighted by Gasteiger charge is -2.17. The SMILES string of the molecule is CN(CC(=O)Nc1ccc([N+](=O)[O-])cc1)Cc1ccccc1Cl. The van der Waals surface area contributed by atoms with E-state index >= 15 is 0 Å². The molecular formula is C16H16ClN3O3. The molecule has 2 rings (SSSR count). The Bertz CT molecular complexity index is 704. The number of halogens is 1. The van der Waals surface area contributed by atoms with Gasteiger partial charge in [0.05, 0.1) is 11.5 Å². The summed E-state index contributed by atoms with van der Waals surface area (Å²) in [5, 5.41) is 13.9. The van der Waals surface area contributed by atoms with Crippen LogP contribution in [0.5, 0.6) is 0 Å². The average molecular weight is 334 g/mol. The van der Waals surface area contributed by atoms with Crippen LogP contribution in [0.3, 0.4) is 0 Å². The Morgan fingerprint density at radius 3 is 2.48 bits per heavy atom. The summed E-state index contributed by atoms with van der Waals surface area (Å²) in [7, 11) is 1.82. The third-order valence-corrected chi connectivity index (χ3v) is 3.54. The summed E-state index contributed by atoms with van der Waals surface area (Å²) < 4.78 is 0. The van der Waals surface area contributed by atoms with Gasteiger partial charge in [0.15, 0.2) is 0 Å². The van der Waals surface area contributed by atoms with Crippen molar-refractivity contribution in [1.82, 2.24) is 4.90 Å². The molecule has 0 heterocycles. The van der Waals surface area contributed by atoms with E-state index in [1.165, 1.54) is 24.3 Å². The maximum absolute atomic E-state index is 12.0. The molecule has 0 saturated carbocycles. The number of carbonyl (C=O) groups excluding carboxylic acids is 1. The largest absolute Gasteiger partial charge is 0.325 e. The van der Waals surface area contributed by atoms with E-state index in [9.17, 15) is 14.9 Å². The zero-order valence-electron chi connectivity index (χ0n) is 12.5. The summed E-state index contributed by atoms with van der Waals surface area (Å²) in [4.78, 5) is 23.9. The van der Waals surface area contributed by atoms with Gasteiger partial charge in [-0.05, 0) is 30.8 Å². The normalized spacial score (nSPS) is 10.6. The highest BCUT2D eigenvalue weighted by Gasteiger charge is 2.10. The van der Waals surface area contributed by atoms with Gasteiger partial charge in [0.1, 0.15) is 0 Å². The molecule has 0 atom stereocenters. The van der Waals surface area contributed by atoms with Gasteiger partial charge in [-0.15, -0.1) is 0 Å². The van der Waals surface area contributed by atoms with Crippen LogP contribution in [0.25, 0.3) is 0 Å². The van der Waals surface area contributed by atoms with Gasteiger partial charge in [0, 0.05) is 29.4 Å². The van der Waals surface area contributed by atoms with Crippen LogP contribution < -0.4 is 5.32 Å². The number of amides is 1. The first-order chi connectivity index (χ1) is 11.0. The Labute approximate surface area is 138 Å². The molecule has 1 N–H and O–H groups in total. The molecule has 1 amide bonds. The number of benzene rings is 2. The molecule has 0 spiro atoms. The molecule has 0 fully saturated rings. The van der Waals surface area contributed by atoms with Crippen LogP contribution in [0.2, 0.25) is 5.02 Å². The van der Waals surface area contributed by atoms with E-state index in [0.717, 1.165) is 5.56 Å². The Kier molecular flexibility index (Phi) is 5.67. The second-order valence-electron chi connectivity index (χ2n) is 5.12. The van der Waals surface area contributed by atoms with Crippen LogP contribution >= 0.6 is 11.6 Å². The second kappa shape index (κ2) is 7.71. The summed E-state index contributed by atoms with van der Waals surface area (Å²) in [6.07, 6.45) is 0. The van der Waals surface area contributed by atoms with E-state index in [1.807, 2.05) is 36.2 Å². The average Bonchev–Trinajstić information content (AvgIpc) is 2.50. The van der Waals surface area contributed by atoms with Gasteiger partial charge in [0.25, 0.3) is 5.69 Å². The van der Waals surface area contributed by atoms with Gasteiger partial charge in [-0.3, -0.25) is 19.8 Å². The number of nitro benzene ring substituents is 1. The third-order valence-electron chi connectivity index (χ3n) is 3.17. The highest BCUT2D eigenvalue weighted by molar-refractivity contribution is 6.31. The van der Waals surface area contributed by atoms with Crippen molar-refractivity contribution in [2.45, 2.75) is 6.54 Å². The maximum atomic E-state index is 12.0. The fourth-order valence-corrected chi connectivity index (χ4v) is 2.28. The van der Waals surface area contributed by atoms with Gasteiger partial charge >= 0.3 is 0 Å². The number of carbonyl (C=O) groups is 1. The summed E-state index contributed by atoms with van der Waals surface area (Å²) >= 11 is 6.09. The second-order valence-corrected chi connectivity index (χ2v) is 5.52. The van der Waals surface area contributed by atoms with E-state index in [1.54, 1.807) is 0 Å². The van der Waals surface area contributed by atoms with Crippen molar-refractivity contribution in [2.75, 3.05) is 18.9 Å². The minimum Gasteiger partial charge on any atom is -0.325 e. The standard InChI is InChI=1S/C16H16ClN3O3/c1-19(10-12-4-2-3-5-15(12)17)11-16(21)18-13-6-8-14(9-7-13)20(22)23/h2-9H,10-11H2,1H3,(H,18,21). The van der Waals surface area contributed by atoms with Gasteiger partial charge < -0.3 is 5.32 Å². The summed E-state index contributed by atoms with van der Waals surface area (Å²) in [6.45, 7) is 0.732. The van der Waals surface area contributed by atoms with E-state index in [0.29, 0.717) is 17.3 Å². The predicted molar refractivity (Wildman–Crippen MR) is 89.5 cm³/mol. The van der Waals surface area contributed by atoms with Gasteiger partial charge in [-0.1, -0.05) is 29.8 Å². The van der Waals surface area contributed by atoms with E-state index in [-0.39, 0.29) is 18.1 Å². The summed E-state index contributed by atoms with van der Waals surface area (Å²) in [5.41, 5.74) is 1.45. The number of nitrogens with zero attached hydrogens (tertiary/aromatic N) is 2. The van der Waals surface area contributed by atoms with Crippen molar-refractivity contribution in [2.24, 2.45) is 0 Å². The predicted octanol–water partition coefficient (Wildman–Crippen LogP) is 3.32. The molecular weight excluding hydrogens is 318 g/mol. The highest BCUT2D eigenvalue weighted by Crippen LogP contribution is 2.17. The van der Waals surface area contributed by atoms with Crippen LogP contribution in [0, 0.1) is 10.1 Å². The minimum absolute atomic E-state index is 0.0150. The highest BCUT2D eigenvalue weighted by atomic mass is 35.5. The molecule has 0 radical (unpaired) electrons. The zero-order chi connectivity index (χ0) is 16.8. The van der Waals surface area contributed by atoms with Crippen LogP contribution in [0.15, 0.2) is 48.5 Å². The van der Waals surface area contributed by atoms with E-state index < -0.39 is 4.92 Å². The molecule has 0 unspecified atom stereocenters. The first-order valence-electron chi connectivity index (χ1n) is 6.92. The Balaban J connectivity index is 1.89. The number of anilines is 1. The zero-order valence-corrected chi connectivity index (χ0v) is 13.3. The number of nitro groups is 1. The molecule has 7 heteroatoms. The van der Waals surface area contributed by atoms with E-state index in [4.69, 9.17) is 11.6 Å². The number of rotatable bonds is 6. The Hall–Kier alpha value is -2.44. The lowest BCUT2D eigenvalue weighted by Crippen LogP contribution is -2.29. The Morgan fingerprint density at radius 2 is 1.87 bits per heavy atom. The van der Waals surface area contributed by atoms with Gasteiger partial charge in [-0.2, -0.15) is 0 Å². The fraction of sp³-hybridized carbons (Fsp3) is 0.188. The lowest BCUT2D eigenvalue weighted by molar-refractivity contribution is -0.384. The molecule has 2 aromatic rings. The number of nitrogens with one attached hydrogen (secondary N) is 1. The summed E-state index contributed by atoms with van der Waals surface area (Å²) in [5.74, 6) is -0.201. The summed E-state index contributed by atoms with van der Waals surface area (Å²) in [6, 6.07) is 13.2. The molecule has 0 aromatic heterocycles.